The zero-order valence-corrected chi connectivity index (χ0v) is 12.6. The van der Waals surface area contributed by atoms with Crippen molar-refractivity contribution in [3.05, 3.63) is 70.4 Å². The highest BCUT2D eigenvalue weighted by molar-refractivity contribution is 7.15. The van der Waals surface area contributed by atoms with Crippen LogP contribution in [0, 0.1) is 12.7 Å². The molecule has 3 rings (SSSR count). The van der Waals surface area contributed by atoms with Crippen molar-refractivity contribution in [1.82, 2.24) is 4.98 Å². The fourth-order valence-electron chi connectivity index (χ4n) is 2.04. The molecule has 2 heterocycles. The Bertz CT molecular complexity index is 810. The molecule has 1 aromatic carbocycles. The van der Waals surface area contributed by atoms with Gasteiger partial charge in [0, 0.05) is 23.1 Å². The van der Waals surface area contributed by atoms with Crippen LogP contribution in [-0.4, -0.2) is 10.9 Å². The zero-order chi connectivity index (χ0) is 15.5. The first-order valence-electron chi connectivity index (χ1n) is 6.67. The van der Waals surface area contributed by atoms with Crippen LogP contribution in [0.4, 0.5) is 9.52 Å². The third-order valence-corrected chi connectivity index (χ3v) is 4.08. The number of nitrogens with one attached hydrogen (secondary N) is 1. The number of nitrogens with zero attached hydrogens (tertiary/aromatic N) is 1. The molecule has 4 nitrogen and oxygen atoms in total. The number of carbonyl (C=O) groups excluding carboxylic acids is 1. The molecule has 2 aromatic heterocycles. The Kier molecular flexibility index (Phi) is 4.02. The van der Waals surface area contributed by atoms with E-state index in [4.69, 9.17) is 4.42 Å². The van der Waals surface area contributed by atoms with Crippen molar-refractivity contribution in [2.24, 2.45) is 0 Å². The minimum Gasteiger partial charge on any atom is -0.459 e. The first-order chi connectivity index (χ1) is 10.6. The van der Waals surface area contributed by atoms with Gasteiger partial charge in [-0.15, -0.1) is 11.3 Å². The number of amides is 1. The predicted octanol–water partition coefficient (Wildman–Crippen LogP) is 4.03. The molecule has 0 atom stereocenters. The van der Waals surface area contributed by atoms with E-state index < -0.39 is 0 Å². The number of thiazole rings is 1. The van der Waals surface area contributed by atoms with Crippen LogP contribution in [0.1, 0.15) is 26.6 Å². The molecular formula is C16H13FN2O2S. The maximum Gasteiger partial charge on any atom is 0.293 e. The van der Waals surface area contributed by atoms with Crippen LogP contribution in [0.2, 0.25) is 0 Å². The van der Waals surface area contributed by atoms with Gasteiger partial charge in [0.05, 0.1) is 6.26 Å². The summed E-state index contributed by atoms with van der Waals surface area (Å²) in [6.07, 6.45) is 3.55. The van der Waals surface area contributed by atoms with Gasteiger partial charge in [0.15, 0.2) is 10.9 Å². The highest BCUT2D eigenvalue weighted by Crippen LogP contribution is 2.23. The largest absolute Gasteiger partial charge is 0.459 e. The minimum absolute atomic E-state index is 0.243. The van der Waals surface area contributed by atoms with Crippen molar-refractivity contribution in [3.8, 4) is 0 Å². The van der Waals surface area contributed by atoms with Crippen molar-refractivity contribution >= 4 is 22.4 Å². The first-order valence-corrected chi connectivity index (χ1v) is 7.48. The number of carbonyl (C=O) groups is 1. The monoisotopic (exact) mass is 316 g/mol. The number of benzene rings is 1. The van der Waals surface area contributed by atoms with Gasteiger partial charge >= 0.3 is 0 Å². The molecule has 0 aliphatic rings. The van der Waals surface area contributed by atoms with E-state index in [0.717, 1.165) is 10.4 Å². The van der Waals surface area contributed by atoms with Gasteiger partial charge in [0.2, 0.25) is 0 Å². The van der Waals surface area contributed by atoms with Crippen LogP contribution in [0.5, 0.6) is 0 Å². The summed E-state index contributed by atoms with van der Waals surface area (Å²) in [5, 5.41) is 3.15. The van der Waals surface area contributed by atoms with Crippen LogP contribution in [-0.2, 0) is 6.42 Å². The molecule has 0 saturated carbocycles. The molecule has 0 unspecified atom stereocenters. The maximum atomic E-state index is 13.6. The van der Waals surface area contributed by atoms with Crippen LogP contribution in [0.15, 0.2) is 47.2 Å². The zero-order valence-electron chi connectivity index (χ0n) is 11.8. The smallest absolute Gasteiger partial charge is 0.293 e. The molecular weight excluding hydrogens is 303 g/mol. The van der Waals surface area contributed by atoms with E-state index in [2.05, 4.69) is 10.3 Å². The molecule has 6 heteroatoms. The SMILES string of the molecule is Cc1ccoc1C(=O)Nc1ncc(Cc2ccccc2F)s1. The number of aromatic nitrogens is 1. The number of aryl methyl sites for hydroxylation is 1. The summed E-state index contributed by atoms with van der Waals surface area (Å²) in [6.45, 7) is 1.80. The third-order valence-electron chi connectivity index (χ3n) is 3.16. The number of hydrogen-bond acceptors (Lipinski definition) is 4. The predicted molar refractivity (Wildman–Crippen MR) is 82.7 cm³/mol. The van der Waals surface area contributed by atoms with Crippen LogP contribution in [0.3, 0.4) is 0 Å². The summed E-state index contributed by atoms with van der Waals surface area (Å²) in [4.78, 5) is 17.0. The van der Waals surface area contributed by atoms with E-state index in [9.17, 15) is 9.18 Å². The fourth-order valence-corrected chi connectivity index (χ4v) is 2.87. The second-order valence-corrected chi connectivity index (χ2v) is 5.90. The lowest BCUT2D eigenvalue weighted by Gasteiger charge is -2.00. The van der Waals surface area contributed by atoms with E-state index in [1.165, 1.54) is 23.7 Å². The van der Waals surface area contributed by atoms with Crippen LogP contribution >= 0.6 is 11.3 Å². The molecule has 1 amide bonds. The van der Waals surface area contributed by atoms with Gasteiger partial charge in [-0.1, -0.05) is 18.2 Å². The van der Waals surface area contributed by atoms with Gasteiger partial charge in [-0.05, 0) is 24.6 Å². The first kappa shape index (κ1) is 14.5. The summed E-state index contributed by atoms with van der Waals surface area (Å²) in [5.74, 6) is -0.312. The van der Waals surface area contributed by atoms with E-state index in [1.54, 1.807) is 37.4 Å². The summed E-state index contributed by atoms with van der Waals surface area (Å²) < 4.78 is 18.8. The molecule has 0 spiro atoms. The van der Waals surface area contributed by atoms with Crippen molar-refractivity contribution in [1.29, 1.82) is 0 Å². The minimum atomic E-state index is -0.339. The maximum absolute atomic E-state index is 13.6. The van der Waals surface area contributed by atoms with Gasteiger partial charge in [-0.25, -0.2) is 9.37 Å². The Morgan fingerprint density at radius 2 is 2.18 bits per heavy atom. The molecule has 112 valence electrons. The highest BCUT2D eigenvalue weighted by Gasteiger charge is 2.15. The van der Waals surface area contributed by atoms with E-state index in [-0.39, 0.29) is 17.5 Å². The number of rotatable bonds is 4. The average molecular weight is 316 g/mol. The molecule has 3 aromatic rings. The van der Waals surface area contributed by atoms with Crippen molar-refractivity contribution < 1.29 is 13.6 Å². The fraction of sp³-hybridized carbons (Fsp3) is 0.125. The summed E-state index contributed by atoms with van der Waals surface area (Å²) in [5.41, 5.74) is 1.37. The standard InChI is InChI=1S/C16H13FN2O2S/c1-10-6-7-21-14(10)15(20)19-16-18-9-12(22-16)8-11-4-2-3-5-13(11)17/h2-7,9H,8H2,1H3,(H,18,19,20). The Labute approximate surface area is 130 Å². The highest BCUT2D eigenvalue weighted by atomic mass is 32.1. The lowest BCUT2D eigenvalue weighted by Crippen LogP contribution is -2.11. The van der Waals surface area contributed by atoms with Crippen LogP contribution in [0.25, 0.3) is 0 Å². The Morgan fingerprint density at radius 3 is 2.91 bits per heavy atom. The van der Waals surface area contributed by atoms with Gasteiger partial charge < -0.3 is 4.42 Å². The van der Waals surface area contributed by atoms with Gasteiger partial charge in [0.1, 0.15) is 5.82 Å². The Morgan fingerprint density at radius 1 is 1.36 bits per heavy atom. The van der Waals surface area contributed by atoms with Crippen molar-refractivity contribution in [3.63, 3.8) is 0 Å². The third kappa shape index (κ3) is 3.07. The van der Waals surface area contributed by atoms with E-state index in [0.29, 0.717) is 17.1 Å². The van der Waals surface area contributed by atoms with Crippen LogP contribution < -0.4 is 5.32 Å². The van der Waals surface area contributed by atoms with Gasteiger partial charge in [-0.2, -0.15) is 0 Å². The summed E-state index contributed by atoms with van der Waals surface area (Å²) in [6, 6.07) is 8.34. The van der Waals surface area contributed by atoms with Crippen molar-refractivity contribution in [2.45, 2.75) is 13.3 Å². The molecule has 1 N–H and O–H groups in total. The topological polar surface area (TPSA) is 55.1 Å². The lowest BCUT2D eigenvalue weighted by atomic mass is 10.1. The second kappa shape index (κ2) is 6.11. The molecule has 0 aliphatic carbocycles. The molecule has 0 fully saturated rings. The summed E-state index contributed by atoms with van der Waals surface area (Å²) in [7, 11) is 0. The summed E-state index contributed by atoms with van der Waals surface area (Å²) >= 11 is 1.32. The van der Waals surface area contributed by atoms with Crippen molar-refractivity contribution in [2.75, 3.05) is 5.32 Å². The molecule has 0 radical (unpaired) electrons. The molecule has 0 saturated heterocycles. The lowest BCUT2D eigenvalue weighted by molar-refractivity contribution is 0.0996. The Balaban J connectivity index is 1.70. The second-order valence-electron chi connectivity index (χ2n) is 4.79. The van der Waals surface area contributed by atoms with Gasteiger partial charge in [-0.3, -0.25) is 10.1 Å². The van der Waals surface area contributed by atoms with E-state index in [1.807, 2.05) is 0 Å². The normalized spacial score (nSPS) is 10.6. The van der Waals surface area contributed by atoms with E-state index >= 15 is 0 Å². The molecule has 0 aliphatic heterocycles. The number of anilines is 1. The molecule has 22 heavy (non-hydrogen) atoms. The number of halogens is 1. The quantitative estimate of drug-likeness (QED) is 0.790. The Hall–Kier alpha value is -2.47. The number of furan rings is 1. The van der Waals surface area contributed by atoms with Gasteiger partial charge in [0.25, 0.3) is 5.91 Å². The molecule has 0 bridgehead atoms. The number of hydrogen-bond donors (Lipinski definition) is 1. The average Bonchev–Trinajstić information content (AvgIpc) is 3.10.